The van der Waals surface area contributed by atoms with Crippen LogP contribution in [0, 0.1) is 11.6 Å². The molecule has 3 rings (SSSR count). The smallest absolute Gasteiger partial charge is 0.416 e. The van der Waals surface area contributed by atoms with Crippen LogP contribution in [0.25, 0.3) is 11.3 Å². The number of ether oxygens (including phenoxy) is 1. The van der Waals surface area contributed by atoms with Gasteiger partial charge in [-0.2, -0.15) is 13.2 Å². The molecule has 0 amide bonds. The first-order chi connectivity index (χ1) is 14.5. The summed E-state index contributed by atoms with van der Waals surface area (Å²) in [5, 5.41) is 2.78. The molecule has 5 nitrogen and oxygen atoms in total. The van der Waals surface area contributed by atoms with E-state index in [-0.39, 0.29) is 17.9 Å². The maximum atomic E-state index is 14.6. The van der Waals surface area contributed by atoms with Crippen LogP contribution in [0.3, 0.4) is 0 Å². The predicted molar refractivity (Wildman–Crippen MR) is 103 cm³/mol. The van der Waals surface area contributed by atoms with E-state index in [1.165, 1.54) is 7.11 Å². The quantitative estimate of drug-likeness (QED) is 0.554. The number of rotatable bonds is 6. The highest BCUT2D eigenvalue weighted by Gasteiger charge is 2.34. The Balaban J connectivity index is 2.36. The Morgan fingerprint density at radius 2 is 1.68 bits per heavy atom. The standard InChI is InChI=1S/C20H17F5N2O3S/c1-26-10-12-11-27(18(19(12)30-2)17-15(21)7-4-8-16(17)22)31(28,29)14-6-3-5-13(9-14)20(23,24)25/h3-9,11,26H,10H2,1-2H3. The van der Waals surface area contributed by atoms with E-state index in [1.807, 2.05) is 0 Å². The first-order valence-corrected chi connectivity index (χ1v) is 10.3. The van der Waals surface area contributed by atoms with Gasteiger partial charge in [0, 0.05) is 18.3 Å². The SMILES string of the molecule is CNCc1cn(S(=O)(=O)c2cccc(C(F)(F)F)c2)c(-c2c(F)cccc2F)c1OC. The fourth-order valence-corrected chi connectivity index (χ4v) is 4.58. The molecule has 2 aromatic carbocycles. The summed E-state index contributed by atoms with van der Waals surface area (Å²) in [6.45, 7) is 0.0668. The number of nitrogens with zero attached hydrogens (tertiary/aromatic N) is 1. The Morgan fingerprint density at radius 3 is 2.23 bits per heavy atom. The van der Waals surface area contributed by atoms with Crippen LogP contribution in [0.1, 0.15) is 11.1 Å². The third-order valence-electron chi connectivity index (χ3n) is 4.49. The fraction of sp³-hybridized carbons (Fsp3) is 0.200. The highest BCUT2D eigenvalue weighted by Crippen LogP contribution is 2.40. The van der Waals surface area contributed by atoms with Gasteiger partial charge in [0.2, 0.25) is 0 Å². The van der Waals surface area contributed by atoms with Gasteiger partial charge < -0.3 is 10.1 Å². The van der Waals surface area contributed by atoms with Crippen LogP contribution in [0.15, 0.2) is 53.6 Å². The molecule has 0 saturated carbocycles. The van der Waals surface area contributed by atoms with E-state index in [9.17, 15) is 30.4 Å². The van der Waals surface area contributed by atoms with Crippen LogP contribution in [0.5, 0.6) is 5.75 Å². The summed E-state index contributed by atoms with van der Waals surface area (Å²) >= 11 is 0. The maximum Gasteiger partial charge on any atom is 0.416 e. The number of nitrogens with one attached hydrogen (secondary N) is 1. The Labute approximate surface area is 175 Å². The van der Waals surface area contributed by atoms with E-state index >= 15 is 0 Å². The van der Waals surface area contributed by atoms with Crippen molar-refractivity contribution >= 4 is 10.0 Å². The van der Waals surface area contributed by atoms with Crippen molar-refractivity contribution in [3.8, 4) is 17.0 Å². The number of aromatic nitrogens is 1. The highest BCUT2D eigenvalue weighted by molar-refractivity contribution is 7.90. The molecule has 0 aliphatic rings. The largest absolute Gasteiger partial charge is 0.494 e. The minimum absolute atomic E-state index is 0.0668. The summed E-state index contributed by atoms with van der Waals surface area (Å²) < 4.78 is 101. The number of benzene rings is 2. The second-order valence-corrected chi connectivity index (χ2v) is 8.30. The monoisotopic (exact) mass is 460 g/mol. The fourth-order valence-electron chi connectivity index (χ4n) is 3.14. The highest BCUT2D eigenvalue weighted by atomic mass is 32.2. The van der Waals surface area contributed by atoms with E-state index in [0.29, 0.717) is 10.0 Å². The van der Waals surface area contributed by atoms with Crippen LogP contribution in [-0.4, -0.2) is 26.5 Å². The summed E-state index contributed by atoms with van der Waals surface area (Å²) in [6.07, 6.45) is -3.72. The van der Waals surface area contributed by atoms with Gasteiger partial charge in [-0.15, -0.1) is 0 Å². The zero-order valence-corrected chi connectivity index (χ0v) is 17.1. The molecule has 0 radical (unpaired) electrons. The third kappa shape index (κ3) is 4.15. The predicted octanol–water partition coefficient (Wildman–Crippen LogP) is 4.42. The minimum atomic E-state index is -4.78. The molecule has 3 aromatic rings. The van der Waals surface area contributed by atoms with Crippen molar-refractivity contribution in [1.29, 1.82) is 0 Å². The summed E-state index contributed by atoms with van der Waals surface area (Å²) in [7, 11) is -1.94. The molecule has 1 N–H and O–H groups in total. The lowest BCUT2D eigenvalue weighted by Crippen LogP contribution is -2.16. The van der Waals surface area contributed by atoms with Crippen LogP contribution in [0.4, 0.5) is 22.0 Å². The zero-order chi connectivity index (χ0) is 23.0. The lowest BCUT2D eigenvalue weighted by atomic mass is 10.1. The topological polar surface area (TPSA) is 60.3 Å². The third-order valence-corrected chi connectivity index (χ3v) is 6.14. The second-order valence-electron chi connectivity index (χ2n) is 6.49. The minimum Gasteiger partial charge on any atom is -0.494 e. The first kappa shape index (κ1) is 22.8. The van der Waals surface area contributed by atoms with Gasteiger partial charge in [0.05, 0.1) is 23.1 Å². The molecule has 0 aliphatic carbocycles. The molecular formula is C20H17F5N2O3S. The van der Waals surface area contributed by atoms with Crippen LogP contribution >= 0.6 is 0 Å². The molecule has 31 heavy (non-hydrogen) atoms. The summed E-state index contributed by atoms with van der Waals surface area (Å²) in [4.78, 5) is -0.700. The van der Waals surface area contributed by atoms with Crippen molar-refractivity contribution in [2.75, 3.05) is 14.2 Å². The van der Waals surface area contributed by atoms with E-state index in [0.717, 1.165) is 42.6 Å². The Kier molecular flexibility index (Phi) is 6.10. The van der Waals surface area contributed by atoms with E-state index in [2.05, 4.69) is 5.32 Å². The number of methoxy groups -OCH3 is 1. The molecule has 0 saturated heterocycles. The molecule has 0 bridgehead atoms. The lowest BCUT2D eigenvalue weighted by Gasteiger charge is -2.14. The van der Waals surface area contributed by atoms with Gasteiger partial charge in [-0.05, 0) is 37.4 Å². The molecule has 166 valence electrons. The van der Waals surface area contributed by atoms with E-state index in [4.69, 9.17) is 4.74 Å². The van der Waals surface area contributed by atoms with Gasteiger partial charge in [-0.1, -0.05) is 12.1 Å². The molecule has 0 atom stereocenters. The van der Waals surface area contributed by atoms with E-state index < -0.39 is 49.6 Å². The number of hydrogen-bond donors (Lipinski definition) is 1. The molecule has 1 aromatic heterocycles. The van der Waals surface area contributed by atoms with Crippen molar-refractivity contribution in [3.63, 3.8) is 0 Å². The van der Waals surface area contributed by atoms with Crippen molar-refractivity contribution < 1.29 is 35.1 Å². The Morgan fingerprint density at radius 1 is 1.06 bits per heavy atom. The number of halogens is 5. The Hall–Kier alpha value is -2.92. The van der Waals surface area contributed by atoms with Gasteiger partial charge >= 0.3 is 6.18 Å². The number of hydrogen-bond acceptors (Lipinski definition) is 4. The summed E-state index contributed by atoms with van der Waals surface area (Å²) in [5.74, 6) is -2.25. The molecule has 11 heteroatoms. The van der Waals surface area contributed by atoms with Gasteiger partial charge in [0.1, 0.15) is 23.1 Å². The molecule has 0 aliphatic heterocycles. The number of alkyl halides is 3. The van der Waals surface area contributed by atoms with Gasteiger partial charge in [-0.3, -0.25) is 0 Å². The lowest BCUT2D eigenvalue weighted by molar-refractivity contribution is -0.137. The molecule has 0 spiro atoms. The normalized spacial score (nSPS) is 12.2. The van der Waals surface area contributed by atoms with Gasteiger partial charge in [0.15, 0.2) is 0 Å². The van der Waals surface area contributed by atoms with Crippen molar-refractivity contribution in [3.05, 3.63) is 71.4 Å². The first-order valence-electron chi connectivity index (χ1n) is 8.82. The Bertz CT molecular complexity index is 1200. The maximum absolute atomic E-state index is 14.6. The molecule has 0 fully saturated rings. The molecular weight excluding hydrogens is 443 g/mol. The van der Waals surface area contributed by atoms with Crippen molar-refractivity contribution in [2.24, 2.45) is 0 Å². The second kappa shape index (κ2) is 8.31. The van der Waals surface area contributed by atoms with Crippen LogP contribution < -0.4 is 10.1 Å². The average Bonchev–Trinajstić information content (AvgIpc) is 3.06. The van der Waals surface area contributed by atoms with Crippen molar-refractivity contribution in [2.45, 2.75) is 17.6 Å². The zero-order valence-electron chi connectivity index (χ0n) is 16.3. The average molecular weight is 460 g/mol. The van der Waals surface area contributed by atoms with Crippen LogP contribution in [0.2, 0.25) is 0 Å². The van der Waals surface area contributed by atoms with Gasteiger partial charge in [0.25, 0.3) is 10.0 Å². The van der Waals surface area contributed by atoms with Crippen molar-refractivity contribution in [1.82, 2.24) is 9.29 Å². The summed E-state index contributed by atoms with van der Waals surface area (Å²) in [6, 6.07) is 6.06. The summed E-state index contributed by atoms with van der Waals surface area (Å²) in [5.41, 5.74) is -2.10. The molecule has 0 unspecified atom stereocenters. The van der Waals surface area contributed by atoms with Crippen LogP contribution in [-0.2, 0) is 22.7 Å². The van der Waals surface area contributed by atoms with E-state index in [1.54, 1.807) is 7.05 Å². The molecule has 1 heterocycles. The van der Waals surface area contributed by atoms with Gasteiger partial charge in [-0.25, -0.2) is 21.2 Å².